The summed E-state index contributed by atoms with van der Waals surface area (Å²) in [6, 6.07) is 36.7. The number of aromatic nitrogens is 1. The Kier molecular flexibility index (Phi) is 7.88. The summed E-state index contributed by atoms with van der Waals surface area (Å²) in [5.41, 5.74) is 11.9. The van der Waals surface area contributed by atoms with E-state index in [0.29, 0.717) is 0 Å². The quantitative estimate of drug-likeness (QED) is 0.150. The Morgan fingerprint density at radius 2 is 1.35 bits per heavy atom. The molecule has 5 aromatic rings. The molecule has 0 amide bonds. The molecule has 1 aromatic heterocycles. The van der Waals surface area contributed by atoms with Gasteiger partial charge in [-0.2, -0.15) is 0 Å². The first kappa shape index (κ1) is 27.7. The second-order valence-electron chi connectivity index (χ2n) is 11.1. The summed E-state index contributed by atoms with van der Waals surface area (Å²) in [6.07, 6.45) is 14.8. The number of pyridine rings is 1. The Bertz CT molecular complexity index is 1890. The lowest BCUT2D eigenvalue weighted by Gasteiger charge is -2.27. The normalized spacial score (nSPS) is 16.2. The Morgan fingerprint density at radius 3 is 1.98 bits per heavy atom. The third-order valence-electron chi connectivity index (χ3n) is 8.04. The number of hydrogen-bond donors (Lipinski definition) is 1. The SMILES string of the molecule is C=C/C=C(\C=N)c1cccc(-c2cc(-c3cccc(-c4cccnc4)c3)cc(-c3cccc(C4(C)C=CC=NC4)c3)c2)c1. The fraction of sp³-hybridized carbons (Fsp3) is 0.0750. The number of nitrogens with one attached hydrogen (secondary N) is 1. The van der Waals surface area contributed by atoms with E-state index in [9.17, 15) is 0 Å². The molecule has 0 spiro atoms. The molecule has 0 radical (unpaired) electrons. The largest absolute Gasteiger partial charge is 0.308 e. The fourth-order valence-corrected chi connectivity index (χ4v) is 5.63. The number of nitrogens with zero attached hydrogens (tertiary/aromatic N) is 2. The summed E-state index contributed by atoms with van der Waals surface area (Å²) in [5, 5.41) is 7.92. The predicted octanol–water partition coefficient (Wildman–Crippen LogP) is 9.87. The third-order valence-corrected chi connectivity index (χ3v) is 8.04. The van der Waals surface area contributed by atoms with Gasteiger partial charge < -0.3 is 5.41 Å². The van der Waals surface area contributed by atoms with Crippen LogP contribution < -0.4 is 0 Å². The molecule has 1 atom stereocenters. The van der Waals surface area contributed by atoms with E-state index in [0.717, 1.165) is 62.2 Å². The standard InChI is InChI=1S/C40H33N3/c1-3-9-34(26-41)29-10-4-12-31(20-29)36-22-37(32-13-5-11-30(21-32)35-15-7-18-42-27-35)24-38(23-36)33-14-6-16-39(25-33)40(2)17-8-19-43-28-40/h3-27,41H,1,28H2,2H3/b34-9+,41-26?. The van der Waals surface area contributed by atoms with Gasteiger partial charge in [0, 0.05) is 35.8 Å². The molecule has 0 aliphatic carbocycles. The highest BCUT2D eigenvalue weighted by Gasteiger charge is 2.24. The van der Waals surface area contributed by atoms with E-state index in [1.807, 2.05) is 36.7 Å². The molecule has 1 unspecified atom stereocenters. The number of aliphatic imine (C=N–C) groups is 1. The van der Waals surface area contributed by atoms with Crippen molar-refractivity contribution >= 4 is 18.0 Å². The Morgan fingerprint density at radius 1 is 0.744 bits per heavy atom. The zero-order chi connectivity index (χ0) is 29.6. The number of hydrogen-bond acceptors (Lipinski definition) is 3. The van der Waals surface area contributed by atoms with Gasteiger partial charge in [-0.3, -0.25) is 9.98 Å². The van der Waals surface area contributed by atoms with Crippen LogP contribution in [0.4, 0.5) is 0 Å². The van der Waals surface area contributed by atoms with E-state index in [1.165, 1.54) is 11.8 Å². The van der Waals surface area contributed by atoms with Crippen LogP contribution in [0.2, 0.25) is 0 Å². The van der Waals surface area contributed by atoms with Crippen molar-refractivity contribution in [3.05, 3.63) is 158 Å². The summed E-state index contributed by atoms with van der Waals surface area (Å²) in [6.45, 7) is 6.80. The van der Waals surface area contributed by atoms with Crippen LogP contribution in [0.25, 0.3) is 50.1 Å². The van der Waals surface area contributed by atoms with Crippen LogP contribution in [0, 0.1) is 5.41 Å². The molecule has 4 aromatic carbocycles. The molecule has 6 rings (SSSR count). The first-order valence-electron chi connectivity index (χ1n) is 14.4. The summed E-state index contributed by atoms with van der Waals surface area (Å²) in [4.78, 5) is 8.88. The molecule has 3 heteroatoms. The third kappa shape index (κ3) is 5.98. The van der Waals surface area contributed by atoms with Gasteiger partial charge in [-0.25, -0.2) is 0 Å². The van der Waals surface area contributed by atoms with Crippen LogP contribution in [0.3, 0.4) is 0 Å². The Balaban J connectivity index is 1.51. The lowest BCUT2D eigenvalue weighted by atomic mass is 9.80. The second kappa shape index (κ2) is 12.2. The predicted molar refractivity (Wildman–Crippen MR) is 183 cm³/mol. The van der Waals surface area contributed by atoms with Crippen LogP contribution in [-0.2, 0) is 5.41 Å². The van der Waals surface area contributed by atoms with E-state index < -0.39 is 0 Å². The van der Waals surface area contributed by atoms with E-state index in [4.69, 9.17) is 5.41 Å². The maximum Gasteiger partial charge on any atom is 0.0518 e. The Hall–Kier alpha value is -5.41. The minimum Gasteiger partial charge on any atom is -0.308 e. The number of rotatable bonds is 8. The van der Waals surface area contributed by atoms with Gasteiger partial charge in [-0.15, -0.1) is 0 Å². The average molecular weight is 556 g/mol. The van der Waals surface area contributed by atoms with E-state index in [-0.39, 0.29) is 5.41 Å². The molecule has 0 saturated carbocycles. The highest BCUT2D eigenvalue weighted by molar-refractivity contribution is 6.09. The van der Waals surface area contributed by atoms with Crippen molar-refractivity contribution in [3.63, 3.8) is 0 Å². The molecule has 0 bridgehead atoms. The summed E-state index contributed by atoms with van der Waals surface area (Å²) in [5.74, 6) is 0. The van der Waals surface area contributed by atoms with Crippen LogP contribution >= 0.6 is 0 Å². The van der Waals surface area contributed by atoms with Crippen LogP contribution in [0.1, 0.15) is 18.1 Å². The van der Waals surface area contributed by atoms with E-state index in [1.54, 1.807) is 12.3 Å². The zero-order valence-corrected chi connectivity index (χ0v) is 24.2. The van der Waals surface area contributed by atoms with E-state index in [2.05, 4.69) is 121 Å². The summed E-state index contributed by atoms with van der Waals surface area (Å²) in [7, 11) is 0. The molecule has 2 heterocycles. The van der Waals surface area contributed by atoms with Crippen molar-refractivity contribution in [2.75, 3.05) is 6.54 Å². The summed E-state index contributed by atoms with van der Waals surface area (Å²) >= 11 is 0. The first-order chi connectivity index (χ1) is 21.1. The van der Waals surface area contributed by atoms with Crippen molar-refractivity contribution in [1.29, 1.82) is 5.41 Å². The number of dihydropyridines is 1. The highest BCUT2D eigenvalue weighted by atomic mass is 14.7. The fourth-order valence-electron chi connectivity index (χ4n) is 5.63. The average Bonchev–Trinajstić information content (AvgIpc) is 3.08. The van der Waals surface area contributed by atoms with Crippen LogP contribution in [0.5, 0.6) is 0 Å². The molecule has 0 saturated heterocycles. The highest BCUT2D eigenvalue weighted by Crippen LogP contribution is 2.37. The molecule has 1 N–H and O–H groups in total. The van der Waals surface area contributed by atoms with Crippen molar-refractivity contribution in [2.24, 2.45) is 4.99 Å². The minimum atomic E-state index is -0.141. The van der Waals surface area contributed by atoms with Crippen molar-refractivity contribution in [3.8, 4) is 44.5 Å². The zero-order valence-electron chi connectivity index (χ0n) is 24.2. The van der Waals surface area contributed by atoms with Crippen LogP contribution in [0.15, 0.2) is 151 Å². The maximum absolute atomic E-state index is 7.92. The molecular formula is C40H33N3. The maximum atomic E-state index is 7.92. The minimum absolute atomic E-state index is 0.141. The molecule has 0 fully saturated rings. The van der Waals surface area contributed by atoms with Gasteiger partial charge in [0.2, 0.25) is 0 Å². The lowest BCUT2D eigenvalue weighted by molar-refractivity contribution is 0.606. The monoisotopic (exact) mass is 555 g/mol. The smallest absolute Gasteiger partial charge is 0.0518 e. The molecule has 43 heavy (non-hydrogen) atoms. The molecule has 208 valence electrons. The molecular weight excluding hydrogens is 522 g/mol. The van der Waals surface area contributed by atoms with Crippen molar-refractivity contribution in [1.82, 2.24) is 4.98 Å². The van der Waals surface area contributed by atoms with Gasteiger partial charge in [0.1, 0.15) is 0 Å². The van der Waals surface area contributed by atoms with Crippen molar-refractivity contribution < 1.29 is 0 Å². The van der Waals surface area contributed by atoms with Gasteiger partial charge in [0.05, 0.1) is 6.54 Å². The van der Waals surface area contributed by atoms with Gasteiger partial charge in [0.15, 0.2) is 0 Å². The summed E-state index contributed by atoms with van der Waals surface area (Å²) < 4.78 is 0. The second-order valence-corrected chi connectivity index (χ2v) is 11.1. The van der Waals surface area contributed by atoms with E-state index >= 15 is 0 Å². The molecule has 1 aliphatic rings. The topological polar surface area (TPSA) is 49.1 Å². The first-order valence-corrected chi connectivity index (χ1v) is 14.4. The van der Waals surface area contributed by atoms with Gasteiger partial charge >= 0.3 is 0 Å². The van der Waals surface area contributed by atoms with Gasteiger partial charge in [-0.1, -0.05) is 98.5 Å². The number of benzene rings is 4. The molecule has 1 aliphatic heterocycles. The van der Waals surface area contributed by atoms with Gasteiger partial charge in [-0.05, 0) is 98.1 Å². The Labute approximate surface area is 253 Å². The van der Waals surface area contributed by atoms with Crippen molar-refractivity contribution in [2.45, 2.75) is 12.3 Å². The van der Waals surface area contributed by atoms with Crippen LogP contribution in [-0.4, -0.2) is 24.0 Å². The number of allylic oxidation sites excluding steroid dienone is 4. The van der Waals surface area contributed by atoms with Gasteiger partial charge in [0.25, 0.3) is 0 Å². The lowest BCUT2D eigenvalue weighted by Crippen LogP contribution is -2.24. The molecule has 3 nitrogen and oxygen atoms in total.